The fraction of sp³-hybridized carbons (Fsp3) is 0.769. The van der Waals surface area contributed by atoms with Gasteiger partial charge in [-0.2, -0.15) is 0 Å². The highest BCUT2D eigenvalue weighted by Crippen LogP contribution is 2.18. The number of aromatic nitrogens is 2. The predicted molar refractivity (Wildman–Crippen MR) is 68.3 cm³/mol. The van der Waals surface area contributed by atoms with Crippen LogP contribution in [0.4, 0.5) is 0 Å². The molecule has 0 bridgehead atoms. The van der Waals surface area contributed by atoms with E-state index in [9.17, 15) is 0 Å². The number of hydrogen-bond acceptors (Lipinski definition) is 2. The Morgan fingerprint density at radius 3 is 2.69 bits per heavy atom. The van der Waals surface area contributed by atoms with Gasteiger partial charge in [0.05, 0.1) is 12.0 Å². The minimum atomic E-state index is 0.301. The van der Waals surface area contributed by atoms with E-state index in [0.29, 0.717) is 11.5 Å². The minimum absolute atomic E-state index is 0.301. The van der Waals surface area contributed by atoms with E-state index in [1.54, 1.807) is 0 Å². The van der Waals surface area contributed by atoms with Crippen molar-refractivity contribution in [1.29, 1.82) is 0 Å². The van der Waals surface area contributed by atoms with E-state index in [4.69, 9.17) is 0 Å². The largest absolute Gasteiger partial charge is 0.333 e. The summed E-state index contributed by atoms with van der Waals surface area (Å²) in [6.45, 7) is 13.2. The van der Waals surface area contributed by atoms with Crippen LogP contribution in [-0.2, 0) is 13.1 Å². The van der Waals surface area contributed by atoms with E-state index in [-0.39, 0.29) is 0 Å². The van der Waals surface area contributed by atoms with Crippen molar-refractivity contribution >= 4 is 0 Å². The first-order valence-corrected chi connectivity index (χ1v) is 6.17. The Morgan fingerprint density at radius 1 is 1.44 bits per heavy atom. The Balaban J connectivity index is 2.51. The van der Waals surface area contributed by atoms with Gasteiger partial charge in [-0.1, -0.05) is 27.7 Å². The maximum Gasteiger partial charge on any atom is 0.0948 e. The van der Waals surface area contributed by atoms with Crippen molar-refractivity contribution in [3.63, 3.8) is 0 Å². The number of nitrogens with zero attached hydrogens (tertiary/aromatic N) is 2. The Bertz CT molecular complexity index is 309. The highest BCUT2D eigenvalue weighted by molar-refractivity contribution is 4.98. The van der Waals surface area contributed by atoms with Crippen LogP contribution in [0.25, 0.3) is 0 Å². The van der Waals surface area contributed by atoms with Gasteiger partial charge in [-0.15, -0.1) is 0 Å². The Kier molecular flexibility index (Phi) is 4.54. The Hall–Kier alpha value is -0.830. The normalized spacial score (nSPS) is 14.1. The summed E-state index contributed by atoms with van der Waals surface area (Å²) in [6, 6.07) is 0.498. The number of nitrogens with one attached hydrogen (secondary N) is 1. The lowest BCUT2D eigenvalue weighted by atomic mass is 9.88. The molecule has 1 unspecified atom stereocenters. The fourth-order valence-electron chi connectivity index (χ4n) is 1.50. The lowest BCUT2D eigenvalue weighted by Crippen LogP contribution is -2.37. The zero-order chi connectivity index (χ0) is 12.2. The third kappa shape index (κ3) is 3.63. The van der Waals surface area contributed by atoms with Gasteiger partial charge in [-0.25, -0.2) is 4.98 Å². The molecular formula is C13H25N3. The monoisotopic (exact) mass is 223 g/mol. The molecule has 1 aromatic heterocycles. The maximum absolute atomic E-state index is 4.20. The summed E-state index contributed by atoms with van der Waals surface area (Å²) in [5.41, 5.74) is 1.58. The van der Waals surface area contributed by atoms with Crippen LogP contribution in [0.3, 0.4) is 0 Å². The molecule has 16 heavy (non-hydrogen) atoms. The third-order valence-electron chi connectivity index (χ3n) is 3.15. The van der Waals surface area contributed by atoms with Crippen molar-refractivity contribution in [3.05, 3.63) is 18.2 Å². The predicted octanol–water partition coefficient (Wildman–Crippen LogP) is 2.82. The van der Waals surface area contributed by atoms with E-state index < -0.39 is 0 Å². The second kappa shape index (κ2) is 5.48. The van der Waals surface area contributed by atoms with Crippen LogP contribution < -0.4 is 5.32 Å². The summed E-state index contributed by atoms with van der Waals surface area (Å²) in [4.78, 5) is 4.20. The average molecular weight is 223 g/mol. The van der Waals surface area contributed by atoms with Crippen LogP contribution in [0.2, 0.25) is 0 Å². The van der Waals surface area contributed by atoms with Gasteiger partial charge in [0.25, 0.3) is 0 Å². The van der Waals surface area contributed by atoms with Crippen molar-refractivity contribution in [1.82, 2.24) is 14.9 Å². The lowest BCUT2D eigenvalue weighted by Gasteiger charge is -2.28. The molecule has 3 nitrogen and oxygen atoms in total. The molecule has 0 saturated heterocycles. The molecule has 0 aromatic carbocycles. The summed E-state index contributed by atoms with van der Waals surface area (Å²) in [5, 5.41) is 3.56. The van der Waals surface area contributed by atoms with Gasteiger partial charge in [0.15, 0.2) is 0 Å². The summed E-state index contributed by atoms with van der Waals surface area (Å²) in [5.74, 6) is 0. The van der Waals surface area contributed by atoms with Gasteiger partial charge in [0.2, 0.25) is 0 Å². The van der Waals surface area contributed by atoms with Crippen LogP contribution >= 0.6 is 0 Å². The van der Waals surface area contributed by atoms with Crippen molar-refractivity contribution in [2.45, 2.75) is 60.2 Å². The highest BCUT2D eigenvalue weighted by atomic mass is 15.1. The van der Waals surface area contributed by atoms with Gasteiger partial charge in [0.1, 0.15) is 0 Å². The average Bonchev–Trinajstić information content (AvgIpc) is 2.61. The second-order valence-corrected chi connectivity index (χ2v) is 5.55. The maximum atomic E-state index is 4.20. The molecular weight excluding hydrogens is 198 g/mol. The van der Waals surface area contributed by atoms with E-state index >= 15 is 0 Å². The molecule has 0 aliphatic carbocycles. The molecule has 0 amide bonds. The van der Waals surface area contributed by atoms with Crippen LogP contribution in [0.15, 0.2) is 12.5 Å². The van der Waals surface area contributed by atoms with Crippen molar-refractivity contribution in [2.75, 3.05) is 0 Å². The van der Waals surface area contributed by atoms with Crippen molar-refractivity contribution in [3.8, 4) is 0 Å². The van der Waals surface area contributed by atoms with Gasteiger partial charge in [-0.05, 0) is 18.8 Å². The molecule has 0 aliphatic rings. The summed E-state index contributed by atoms with van der Waals surface area (Å²) in [6.07, 6.45) is 5.03. The van der Waals surface area contributed by atoms with Crippen LogP contribution in [0.5, 0.6) is 0 Å². The Morgan fingerprint density at radius 2 is 2.12 bits per heavy atom. The fourth-order valence-corrected chi connectivity index (χ4v) is 1.50. The first-order chi connectivity index (χ1) is 7.45. The van der Waals surface area contributed by atoms with Crippen molar-refractivity contribution in [2.24, 2.45) is 5.41 Å². The number of rotatable bonds is 5. The molecule has 1 aromatic rings. The van der Waals surface area contributed by atoms with Crippen molar-refractivity contribution < 1.29 is 0 Å². The Labute approximate surface area is 99.3 Å². The second-order valence-electron chi connectivity index (χ2n) is 5.55. The molecule has 1 heterocycles. The molecule has 0 saturated carbocycles. The molecule has 1 atom stereocenters. The number of hydrogen-bond donors (Lipinski definition) is 1. The van der Waals surface area contributed by atoms with Crippen LogP contribution in [0, 0.1) is 5.41 Å². The van der Waals surface area contributed by atoms with Crippen LogP contribution in [0.1, 0.15) is 46.7 Å². The lowest BCUT2D eigenvalue weighted by molar-refractivity contribution is 0.283. The molecule has 1 rings (SSSR count). The van der Waals surface area contributed by atoms with Gasteiger partial charge < -0.3 is 9.88 Å². The third-order valence-corrected chi connectivity index (χ3v) is 3.15. The summed E-state index contributed by atoms with van der Waals surface area (Å²) >= 11 is 0. The topological polar surface area (TPSA) is 29.9 Å². The molecule has 1 N–H and O–H groups in total. The SMILES string of the molecule is CCCn1cncc1CNC(C)C(C)(C)C. The molecule has 0 fully saturated rings. The standard InChI is InChI=1S/C13H25N3/c1-6-7-16-10-14-8-12(16)9-15-11(2)13(3,4)5/h8,10-11,15H,6-7,9H2,1-5H3. The first kappa shape index (κ1) is 13.2. The highest BCUT2D eigenvalue weighted by Gasteiger charge is 2.19. The zero-order valence-electron chi connectivity index (χ0n) is 11.2. The quantitative estimate of drug-likeness (QED) is 0.832. The van der Waals surface area contributed by atoms with E-state index in [2.05, 4.69) is 49.5 Å². The number of imidazole rings is 1. The van der Waals surface area contributed by atoms with Gasteiger partial charge >= 0.3 is 0 Å². The van der Waals surface area contributed by atoms with Crippen LogP contribution in [-0.4, -0.2) is 15.6 Å². The summed E-state index contributed by atoms with van der Waals surface area (Å²) in [7, 11) is 0. The van der Waals surface area contributed by atoms with E-state index in [1.807, 2.05) is 12.5 Å². The molecule has 3 heteroatoms. The summed E-state index contributed by atoms with van der Waals surface area (Å²) < 4.78 is 2.22. The van der Waals surface area contributed by atoms with Gasteiger partial charge in [-0.3, -0.25) is 0 Å². The number of aryl methyl sites for hydroxylation is 1. The molecule has 92 valence electrons. The smallest absolute Gasteiger partial charge is 0.0948 e. The molecule has 0 aliphatic heterocycles. The molecule has 0 spiro atoms. The molecule has 0 radical (unpaired) electrons. The van der Waals surface area contributed by atoms with E-state index in [1.165, 1.54) is 5.69 Å². The zero-order valence-corrected chi connectivity index (χ0v) is 11.2. The minimum Gasteiger partial charge on any atom is -0.333 e. The van der Waals surface area contributed by atoms with E-state index in [0.717, 1.165) is 19.5 Å². The first-order valence-electron chi connectivity index (χ1n) is 6.17. The van der Waals surface area contributed by atoms with Gasteiger partial charge in [0, 0.05) is 25.3 Å².